The quantitative estimate of drug-likeness (QED) is 0.371. The zero-order chi connectivity index (χ0) is 7.86. The van der Waals surface area contributed by atoms with Crippen molar-refractivity contribution < 1.29 is 20.1 Å². The van der Waals surface area contributed by atoms with Crippen LogP contribution in [0.3, 0.4) is 0 Å². The first-order valence-corrected chi connectivity index (χ1v) is 2.28. The largest absolute Gasteiger partial charge is 0.465 e. The Bertz CT molecular complexity index is 69.0. The maximum Gasteiger partial charge on any atom is 0.402 e. The van der Waals surface area contributed by atoms with Crippen LogP contribution in [0.15, 0.2) is 0 Å². The normalized spacial score (nSPS) is 11.0. The number of amides is 1. The summed E-state index contributed by atoms with van der Waals surface area (Å²) in [5.41, 5.74) is 4.03. The van der Waals surface area contributed by atoms with Crippen molar-refractivity contribution >= 4 is 6.09 Å². The summed E-state index contributed by atoms with van der Waals surface area (Å²) in [6.45, 7) is 1.39. The van der Waals surface area contributed by atoms with E-state index in [9.17, 15) is 0 Å². The van der Waals surface area contributed by atoms with Gasteiger partial charge in [0.15, 0.2) is 0 Å². The van der Waals surface area contributed by atoms with Gasteiger partial charge >= 0.3 is 6.09 Å². The molecular weight excluding hydrogens is 126 g/mol. The van der Waals surface area contributed by atoms with E-state index in [0.29, 0.717) is 0 Å². The predicted octanol–water partition coefficient (Wildman–Crippen LogP) is -1.02. The van der Waals surface area contributed by atoms with Crippen LogP contribution >= 0.6 is 0 Å². The van der Waals surface area contributed by atoms with Crippen LogP contribution in [0.1, 0.15) is 6.92 Å². The van der Waals surface area contributed by atoms with Crippen LogP contribution in [0.4, 0.5) is 4.79 Å². The molecule has 0 rings (SSSR count). The standard InChI is InChI=1S/C3H8O2.CH3NO2/c1-3(5)2-4;2-1(3)4/h3-5H,2H2,1H3;2H2,(H,3,4). The molecule has 1 amide bonds. The second-order valence-electron chi connectivity index (χ2n) is 1.37. The molecule has 5 heteroatoms. The summed E-state index contributed by atoms with van der Waals surface area (Å²) in [5.74, 6) is 0. The molecule has 1 unspecified atom stereocenters. The fourth-order valence-corrected chi connectivity index (χ4v) is 0. The van der Waals surface area contributed by atoms with Crippen molar-refractivity contribution in [3.8, 4) is 0 Å². The molecule has 0 radical (unpaired) electrons. The van der Waals surface area contributed by atoms with Gasteiger partial charge in [0.05, 0.1) is 12.7 Å². The molecule has 0 aliphatic heterocycles. The molecule has 0 aliphatic carbocycles. The van der Waals surface area contributed by atoms with E-state index in [1.54, 1.807) is 0 Å². The molecule has 0 saturated heterocycles. The van der Waals surface area contributed by atoms with Gasteiger partial charge in [-0.25, -0.2) is 4.79 Å². The molecule has 1 atom stereocenters. The summed E-state index contributed by atoms with van der Waals surface area (Å²) < 4.78 is 0. The zero-order valence-electron chi connectivity index (χ0n) is 5.11. The Balaban J connectivity index is 0. The van der Waals surface area contributed by atoms with Crippen LogP contribution in [0.5, 0.6) is 0 Å². The first kappa shape index (κ1) is 11.0. The molecule has 0 aromatic heterocycles. The molecule has 0 aromatic carbocycles. The SMILES string of the molecule is CC(O)CO.NC(=O)O. The van der Waals surface area contributed by atoms with Crippen molar-refractivity contribution in [2.24, 2.45) is 5.73 Å². The summed E-state index contributed by atoms with van der Waals surface area (Å²) in [4.78, 5) is 8.78. The first-order chi connectivity index (χ1) is 4.00. The van der Waals surface area contributed by atoms with Crippen molar-refractivity contribution in [3.63, 3.8) is 0 Å². The Morgan fingerprint density at radius 2 is 1.89 bits per heavy atom. The minimum Gasteiger partial charge on any atom is -0.465 e. The fraction of sp³-hybridized carbons (Fsp3) is 0.750. The average Bonchev–Trinajstić information content (AvgIpc) is 1.65. The zero-order valence-corrected chi connectivity index (χ0v) is 5.11. The van der Waals surface area contributed by atoms with Crippen molar-refractivity contribution in [3.05, 3.63) is 0 Å². The summed E-state index contributed by atoms with van der Waals surface area (Å²) in [6, 6.07) is 0. The van der Waals surface area contributed by atoms with Gasteiger partial charge in [-0.3, -0.25) is 0 Å². The molecule has 0 heterocycles. The average molecular weight is 137 g/mol. The summed E-state index contributed by atoms with van der Waals surface area (Å²) >= 11 is 0. The molecular formula is C4H11NO4. The van der Waals surface area contributed by atoms with Crippen molar-refractivity contribution in [1.82, 2.24) is 0 Å². The molecule has 0 aliphatic rings. The molecule has 5 nitrogen and oxygen atoms in total. The van der Waals surface area contributed by atoms with Crippen molar-refractivity contribution in [1.29, 1.82) is 0 Å². The van der Waals surface area contributed by atoms with Crippen LogP contribution in [0.2, 0.25) is 0 Å². The number of aliphatic hydroxyl groups excluding tert-OH is 2. The van der Waals surface area contributed by atoms with Gasteiger partial charge in [-0.15, -0.1) is 0 Å². The van der Waals surface area contributed by atoms with Crippen LogP contribution < -0.4 is 5.73 Å². The number of nitrogens with two attached hydrogens (primary N) is 1. The number of hydrogen-bond acceptors (Lipinski definition) is 3. The van der Waals surface area contributed by atoms with Crippen molar-refractivity contribution in [2.45, 2.75) is 13.0 Å². The van der Waals surface area contributed by atoms with E-state index in [2.05, 4.69) is 5.73 Å². The molecule has 0 bridgehead atoms. The van der Waals surface area contributed by atoms with Crippen LogP contribution in [-0.2, 0) is 0 Å². The summed E-state index contributed by atoms with van der Waals surface area (Å²) in [5, 5.41) is 23.2. The van der Waals surface area contributed by atoms with Crippen LogP contribution in [0.25, 0.3) is 0 Å². The van der Waals surface area contributed by atoms with Gasteiger partial charge in [0.1, 0.15) is 0 Å². The lowest BCUT2D eigenvalue weighted by atomic mass is 10.5. The van der Waals surface area contributed by atoms with E-state index in [1.165, 1.54) is 6.92 Å². The lowest BCUT2D eigenvalue weighted by Gasteiger charge is -1.90. The van der Waals surface area contributed by atoms with Crippen molar-refractivity contribution in [2.75, 3.05) is 6.61 Å². The Morgan fingerprint density at radius 3 is 1.89 bits per heavy atom. The summed E-state index contributed by atoms with van der Waals surface area (Å²) in [6.07, 6.45) is -1.89. The molecule has 0 fully saturated rings. The summed E-state index contributed by atoms with van der Waals surface area (Å²) in [7, 11) is 0. The molecule has 0 saturated carbocycles. The van der Waals surface area contributed by atoms with Gasteiger partial charge in [-0.2, -0.15) is 0 Å². The van der Waals surface area contributed by atoms with E-state index < -0.39 is 12.2 Å². The number of carbonyl (C=O) groups is 1. The molecule has 0 aromatic rings. The number of carboxylic acid groups (broad SMARTS) is 1. The highest BCUT2D eigenvalue weighted by atomic mass is 16.4. The second kappa shape index (κ2) is 7.19. The maximum absolute atomic E-state index is 8.78. The molecule has 56 valence electrons. The number of primary amides is 1. The smallest absolute Gasteiger partial charge is 0.402 e. The van der Waals surface area contributed by atoms with Gasteiger partial charge in [0.2, 0.25) is 0 Å². The third kappa shape index (κ3) is 137. The van der Waals surface area contributed by atoms with Gasteiger partial charge in [0, 0.05) is 0 Å². The van der Waals surface area contributed by atoms with Gasteiger partial charge in [-0.05, 0) is 6.92 Å². The van der Waals surface area contributed by atoms with E-state index in [-0.39, 0.29) is 6.61 Å². The topological polar surface area (TPSA) is 104 Å². The number of rotatable bonds is 1. The van der Waals surface area contributed by atoms with Gasteiger partial charge in [-0.1, -0.05) is 0 Å². The second-order valence-corrected chi connectivity index (χ2v) is 1.37. The molecule has 5 N–H and O–H groups in total. The predicted molar refractivity (Wildman–Crippen MR) is 31.0 cm³/mol. The highest BCUT2D eigenvalue weighted by molar-refractivity contribution is 5.61. The van der Waals surface area contributed by atoms with Gasteiger partial charge < -0.3 is 21.1 Å². The third-order valence-corrected chi connectivity index (χ3v) is 0.264. The van der Waals surface area contributed by atoms with Crippen LogP contribution in [-0.4, -0.2) is 34.1 Å². The Kier molecular flexibility index (Phi) is 8.83. The minimum atomic E-state index is -1.33. The first-order valence-electron chi connectivity index (χ1n) is 2.28. The maximum atomic E-state index is 8.78. The Labute approximate surface area is 52.7 Å². The third-order valence-electron chi connectivity index (χ3n) is 0.264. The number of hydrogen-bond donors (Lipinski definition) is 4. The van der Waals surface area contributed by atoms with E-state index in [1.807, 2.05) is 0 Å². The van der Waals surface area contributed by atoms with E-state index in [0.717, 1.165) is 0 Å². The van der Waals surface area contributed by atoms with Crippen LogP contribution in [0, 0.1) is 0 Å². The fourth-order valence-electron chi connectivity index (χ4n) is 0. The lowest BCUT2D eigenvalue weighted by molar-refractivity contribution is 0.110. The Morgan fingerprint density at radius 1 is 1.78 bits per heavy atom. The highest BCUT2D eigenvalue weighted by Gasteiger charge is 1.83. The lowest BCUT2D eigenvalue weighted by Crippen LogP contribution is -2.03. The van der Waals surface area contributed by atoms with E-state index in [4.69, 9.17) is 20.1 Å². The number of aliphatic hydroxyl groups is 2. The molecule has 0 spiro atoms. The van der Waals surface area contributed by atoms with Gasteiger partial charge in [0.25, 0.3) is 0 Å². The highest BCUT2D eigenvalue weighted by Crippen LogP contribution is 1.68. The monoisotopic (exact) mass is 137 g/mol. The molecule has 9 heavy (non-hydrogen) atoms. The minimum absolute atomic E-state index is 0.139. The van der Waals surface area contributed by atoms with E-state index >= 15 is 0 Å². The Hall–Kier alpha value is -0.810.